The molecule has 3 aromatic rings. The van der Waals surface area contributed by atoms with E-state index >= 15 is 0 Å². The highest BCUT2D eigenvalue weighted by molar-refractivity contribution is 7.99. The second kappa shape index (κ2) is 7.81. The topological polar surface area (TPSA) is 89.4 Å². The first kappa shape index (κ1) is 18.2. The zero-order valence-corrected chi connectivity index (χ0v) is 15.6. The summed E-state index contributed by atoms with van der Waals surface area (Å²) in [5.74, 6) is 5.73. The van der Waals surface area contributed by atoms with Crippen LogP contribution in [-0.2, 0) is 4.79 Å². The molecule has 0 saturated heterocycles. The van der Waals surface area contributed by atoms with Gasteiger partial charge in [-0.2, -0.15) is 5.10 Å². The Morgan fingerprint density at radius 3 is 2.64 bits per heavy atom. The van der Waals surface area contributed by atoms with Crippen molar-refractivity contribution >= 4 is 23.4 Å². The van der Waals surface area contributed by atoms with E-state index in [9.17, 15) is 9.18 Å². The van der Waals surface area contributed by atoms with Crippen LogP contribution in [-0.4, -0.2) is 43.8 Å². The molecule has 1 aliphatic rings. The van der Waals surface area contributed by atoms with Crippen molar-refractivity contribution in [3.8, 4) is 11.4 Å². The molecule has 2 N–H and O–H groups in total. The average molecular weight is 396 g/mol. The Morgan fingerprint density at radius 2 is 1.86 bits per heavy atom. The number of nitrogen functional groups attached to an aromatic ring is 1. The molecule has 0 bridgehead atoms. The molecule has 1 aromatic heterocycles. The largest absolute Gasteiger partial charge is 0.335 e. The number of carbonyl (C=O) groups excluding carboxylic acids is 1. The Kier molecular flexibility index (Phi) is 5.07. The van der Waals surface area contributed by atoms with Crippen molar-refractivity contribution in [2.24, 2.45) is 5.10 Å². The van der Waals surface area contributed by atoms with Gasteiger partial charge in [-0.25, -0.2) is 14.1 Å². The second-order valence-corrected chi connectivity index (χ2v) is 7.07. The maximum Gasteiger partial charge on any atom is 0.253 e. The van der Waals surface area contributed by atoms with Gasteiger partial charge in [0, 0.05) is 6.42 Å². The summed E-state index contributed by atoms with van der Waals surface area (Å²) in [6, 6.07) is 16.0. The Labute approximate surface area is 165 Å². The summed E-state index contributed by atoms with van der Waals surface area (Å²) in [5.41, 5.74) is 2.16. The van der Waals surface area contributed by atoms with E-state index in [1.54, 1.807) is 18.2 Å². The van der Waals surface area contributed by atoms with Gasteiger partial charge in [0.1, 0.15) is 5.82 Å². The van der Waals surface area contributed by atoms with Crippen LogP contribution in [0.2, 0.25) is 0 Å². The Morgan fingerprint density at radius 1 is 1.11 bits per heavy atom. The molecule has 2 aromatic carbocycles. The quantitative estimate of drug-likeness (QED) is 0.529. The summed E-state index contributed by atoms with van der Waals surface area (Å²) in [6.45, 7) is 0.541. The predicted octanol–water partition coefficient (Wildman–Crippen LogP) is 2.53. The van der Waals surface area contributed by atoms with Gasteiger partial charge < -0.3 is 5.84 Å². The minimum absolute atomic E-state index is 0.109. The maximum absolute atomic E-state index is 13.9. The fraction of sp³-hybridized carbons (Fsp3) is 0.158. The van der Waals surface area contributed by atoms with E-state index < -0.39 is 5.82 Å². The summed E-state index contributed by atoms with van der Waals surface area (Å²) in [7, 11) is 0. The van der Waals surface area contributed by atoms with Gasteiger partial charge in [0.05, 0.1) is 23.6 Å². The first-order valence-corrected chi connectivity index (χ1v) is 9.63. The number of nitrogens with zero attached hydrogens (tertiary/aromatic N) is 5. The third kappa shape index (κ3) is 3.61. The zero-order chi connectivity index (χ0) is 19.5. The lowest BCUT2D eigenvalue weighted by Gasteiger charge is -2.10. The van der Waals surface area contributed by atoms with Crippen LogP contribution in [0.4, 0.5) is 4.39 Å². The van der Waals surface area contributed by atoms with Crippen LogP contribution in [0.25, 0.3) is 11.4 Å². The fourth-order valence-electron chi connectivity index (χ4n) is 2.87. The molecule has 0 unspecified atom stereocenters. The van der Waals surface area contributed by atoms with Crippen molar-refractivity contribution in [3.63, 3.8) is 0 Å². The molecule has 0 radical (unpaired) electrons. The lowest BCUT2D eigenvalue weighted by atomic mass is 10.1. The molecule has 0 saturated carbocycles. The maximum atomic E-state index is 13.9. The first-order chi connectivity index (χ1) is 13.6. The predicted molar refractivity (Wildman–Crippen MR) is 106 cm³/mol. The number of hydrogen-bond donors (Lipinski definition) is 1. The van der Waals surface area contributed by atoms with E-state index in [1.165, 1.54) is 15.8 Å². The van der Waals surface area contributed by atoms with Gasteiger partial charge in [-0.3, -0.25) is 4.79 Å². The fourth-order valence-corrected chi connectivity index (χ4v) is 3.60. The molecule has 0 fully saturated rings. The highest BCUT2D eigenvalue weighted by atomic mass is 32.2. The van der Waals surface area contributed by atoms with Crippen LogP contribution < -0.4 is 5.84 Å². The lowest BCUT2D eigenvalue weighted by Crippen LogP contribution is -2.25. The third-order valence-corrected chi connectivity index (χ3v) is 5.23. The first-order valence-electron chi connectivity index (χ1n) is 8.65. The van der Waals surface area contributed by atoms with E-state index in [2.05, 4.69) is 15.3 Å². The van der Waals surface area contributed by atoms with E-state index in [0.717, 1.165) is 23.0 Å². The van der Waals surface area contributed by atoms with Crippen molar-refractivity contribution in [1.29, 1.82) is 0 Å². The van der Waals surface area contributed by atoms with Gasteiger partial charge in [-0.15, -0.1) is 10.2 Å². The molecule has 2 heterocycles. The minimum atomic E-state index is -0.436. The van der Waals surface area contributed by atoms with Crippen LogP contribution in [0, 0.1) is 5.82 Å². The van der Waals surface area contributed by atoms with Crippen LogP contribution in [0.5, 0.6) is 0 Å². The monoisotopic (exact) mass is 396 g/mol. The number of hydrazone groups is 1. The summed E-state index contributed by atoms with van der Waals surface area (Å²) in [6.07, 6.45) is 0.713. The van der Waals surface area contributed by atoms with Gasteiger partial charge in [0.2, 0.25) is 5.16 Å². The van der Waals surface area contributed by atoms with Crippen LogP contribution in [0.15, 0.2) is 64.9 Å². The highest BCUT2D eigenvalue weighted by Crippen LogP contribution is 2.24. The molecule has 4 rings (SSSR count). The SMILES string of the molecule is Nn1c(SCC(=O)N2CCC(c3ccccc3)=N2)nnc1-c1ccccc1F. The van der Waals surface area contributed by atoms with Gasteiger partial charge in [0.15, 0.2) is 5.82 Å². The number of rotatable bonds is 5. The molecule has 0 aliphatic carbocycles. The van der Waals surface area contributed by atoms with Crippen LogP contribution >= 0.6 is 11.8 Å². The minimum Gasteiger partial charge on any atom is -0.335 e. The molecular formula is C19H17FN6OS. The Bertz CT molecular complexity index is 1040. The molecular weight excluding hydrogens is 379 g/mol. The van der Waals surface area contributed by atoms with Crippen molar-refractivity contribution in [3.05, 3.63) is 66.0 Å². The molecule has 0 spiro atoms. The molecule has 7 nitrogen and oxygen atoms in total. The number of carbonyl (C=O) groups is 1. The summed E-state index contributed by atoms with van der Waals surface area (Å²) >= 11 is 1.14. The number of thioether (sulfide) groups is 1. The lowest BCUT2D eigenvalue weighted by molar-refractivity contribution is -0.127. The molecule has 1 amide bonds. The van der Waals surface area contributed by atoms with Gasteiger partial charge in [-0.1, -0.05) is 54.2 Å². The molecule has 9 heteroatoms. The van der Waals surface area contributed by atoms with Crippen molar-refractivity contribution in [2.45, 2.75) is 11.6 Å². The normalized spacial score (nSPS) is 13.6. The van der Waals surface area contributed by atoms with Crippen LogP contribution in [0.1, 0.15) is 12.0 Å². The van der Waals surface area contributed by atoms with Gasteiger partial charge in [0.25, 0.3) is 5.91 Å². The van der Waals surface area contributed by atoms with Crippen molar-refractivity contribution in [2.75, 3.05) is 18.1 Å². The molecule has 1 aliphatic heterocycles. The van der Waals surface area contributed by atoms with Gasteiger partial charge >= 0.3 is 0 Å². The van der Waals surface area contributed by atoms with Gasteiger partial charge in [-0.05, 0) is 17.7 Å². The molecule has 28 heavy (non-hydrogen) atoms. The number of halogens is 1. The number of benzene rings is 2. The summed E-state index contributed by atoms with van der Waals surface area (Å²) in [5, 5.41) is 14.1. The molecule has 0 atom stereocenters. The number of amides is 1. The number of aromatic nitrogens is 3. The summed E-state index contributed by atoms with van der Waals surface area (Å²) in [4.78, 5) is 12.5. The van der Waals surface area contributed by atoms with E-state index in [4.69, 9.17) is 5.84 Å². The Hall–Kier alpha value is -3.20. The van der Waals surface area contributed by atoms with E-state index in [0.29, 0.717) is 18.1 Å². The van der Waals surface area contributed by atoms with Crippen molar-refractivity contribution in [1.82, 2.24) is 19.9 Å². The smallest absolute Gasteiger partial charge is 0.253 e. The third-order valence-electron chi connectivity index (χ3n) is 4.30. The van der Waals surface area contributed by atoms with Crippen LogP contribution in [0.3, 0.4) is 0 Å². The molecule has 142 valence electrons. The highest BCUT2D eigenvalue weighted by Gasteiger charge is 2.23. The number of nitrogens with two attached hydrogens (primary N) is 1. The van der Waals surface area contributed by atoms with E-state index in [-0.39, 0.29) is 23.0 Å². The van der Waals surface area contributed by atoms with Crippen molar-refractivity contribution < 1.29 is 9.18 Å². The number of hydrogen-bond acceptors (Lipinski definition) is 6. The summed E-state index contributed by atoms with van der Waals surface area (Å²) < 4.78 is 15.1. The standard InChI is InChI=1S/C19H17FN6OS/c20-15-9-5-4-8-14(15)18-22-23-19(26(18)21)28-12-17(27)25-11-10-16(24-25)13-6-2-1-3-7-13/h1-9H,10-12,21H2. The average Bonchev–Trinajstić information content (AvgIpc) is 3.35. The zero-order valence-electron chi connectivity index (χ0n) is 14.8. The Balaban J connectivity index is 1.42. The van der Waals surface area contributed by atoms with E-state index in [1.807, 2.05) is 30.3 Å². The second-order valence-electron chi connectivity index (χ2n) is 6.12.